The molecule has 0 aliphatic carbocycles. The van der Waals surface area contributed by atoms with Gasteiger partial charge in [-0.1, -0.05) is 51.2 Å². The maximum absolute atomic E-state index is 12.1. The van der Waals surface area contributed by atoms with Crippen LogP contribution in [-0.2, 0) is 17.9 Å². The first kappa shape index (κ1) is 27.1. The van der Waals surface area contributed by atoms with Crippen molar-refractivity contribution in [3.05, 3.63) is 64.6 Å². The van der Waals surface area contributed by atoms with Crippen molar-refractivity contribution in [2.75, 3.05) is 7.11 Å². The van der Waals surface area contributed by atoms with E-state index in [1.807, 2.05) is 71.9 Å². The maximum Gasteiger partial charge on any atom is 0.222 e. The zero-order chi connectivity index (χ0) is 26.2. The molecule has 7 nitrogen and oxygen atoms in total. The van der Waals surface area contributed by atoms with E-state index < -0.39 is 0 Å². The number of rotatable bonds is 8. The second-order valence-corrected chi connectivity index (χ2v) is 9.19. The number of hydrogen-bond donors (Lipinski definition) is 1. The largest absolute Gasteiger partial charge is 0.487 e. The number of benzene rings is 1. The number of ether oxygens (including phenoxy) is 2. The van der Waals surface area contributed by atoms with E-state index in [1.165, 1.54) is 11.3 Å². The monoisotopic (exact) mass is 506 g/mol. The number of amides is 1. The van der Waals surface area contributed by atoms with Gasteiger partial charge in [0.25, 0.3) is 0 Å². The molecule has 4 rings (SSSR count). The zero-order valence-corrected chi connectivity index (χ0v) is 22.8. The van der Waals surface area contributed by atoms with Gasteiger partial charge >= 0.3 is 0 Å². The minimum Gasteiger partial charge on any atom is -0.487 e. The van der Waals surface area contributed by atoms with Crippen molar-refractivity contribution >= 4 is 28.1 Å². The molecule has 3 aromatic heterocycles. The van der Waals surface area contributed by atoms with E-state index in [9.17, 15) is 4.79 Å². The van der Waals surface area contributed by atoms with Crippen molar-refractivity contribution in [2.24, 2.45) is 5.92 Å². The molecule has 0 saturated carbocycles. The lowest BCUT2D eigenvalue weighted by molar-refractivity contribution is -0.124. The smallest absolute Gasteiger partial charge is 0.222 e. The van der Waals surface area contributed by atoms with Crippen LogP contribution in [-0.4, -0.2) is 28.0 Å². The fourth-order valence-electron chi connectivity index (χ4n) is 3.74. The third-order valence-corrected chi connectivity index (χ3v) is 6.40. The average molecular weight is 507 g/mol. The Morgan fingerprint density at radius 2 is 1.92 bits per heavy atom. The highest BCUT2D eigenvalue weighted by Crippen LogP contribution is 2.38. The number of methoxy groups -OCH3 is 1. The topological polar surface area (TPSA) is 86.2 Å². The van der Waals surface area contributed by atoms with E-state index in [-0.39, 0.29) is 11.8 Å². The van der Waals surface area contributed by atoms with Crippen LogP contribution in [0.2, 0.25) is 0 Å². The van der Waals surface area contributed by atoms with Crippen LogP contribution in [0.1, 0.15) is 50.2 Å². The molecule has 0 fully saturated rings. The summed E-state index contributed by atoms with van der Waals surface area (Å²) in [4.78, 5) is 25.8. The lowest BCUT2D eigenvalue weighted by Crippen LogP contribution is -2.28. The normalized spacial score (nSPS) is 10.7. The number of fused-ring (bicyclic) bond motifs is 1. The highest BCUT2D eigenvalue weighted by Gasteiger charge is 2.17. The number of hydrogen-bond acceptors (Lipinski definition) is 7. The summed E-state index contributed by atoms with van der Waals surface area (Å²) in [5.41, 5.74) is 7.98. The van der Waals surface area contributed by atoms with Gasteiger partial charge in [-0.25, -0.2) is 9.97 Å². The first-order chi connectivity index (χ1) is 17.4. The Balaban J connectivity index is 0.00000176. The summed E-state index contributed by atoms with van der Waals surface area (Å²) >= 11 is 1.46. The van der Waals surface area contributed by atoms with Gasteiger partial charge in [0.2, 0.25) is 11.0 Å². The molecule has 1 N–H and O–H groups in total. The molecule has 1 amide bonds. The minimum atomic E-state index is -0.0833. The summed E-state index contributed by atoms with van der Waals surface area (Å²) in [7, 11) is 1.65. The summed E-state index contributed by atoms with van der Waals surface area (Å²) in [5.74, 6) is 0.589. The Morgan fingerprint density at radius 1 is 1.14 bits per heavy atom. The van der Waals surface area contributed by atoms with E-state index in [0.717, 1.165) is 49.7 Å². The first-order valence-electron chi connectivity index (χ1n) is 12.1. The fraction of sp³-hybridized carbons (Fsp3) is 0.357. The van der Waals surface area contributed by atoms with E-state index in [0.29, 0.717) is 18.9 Å². The molecule has 0 atom stereocenters. The van der Waals surface area contributed by atoms with Gasteiger partial charge < -0.3 is 14.8 Å². The molecule has 0 aliphatic heterocycles. The molecular formula is C28H34N4O3S. The van der Waals surface area contributed by atoms with E-state index >= 15 is 0 Å². The van der Waals surface area contributed by atoms with Crippen LogP contribution in [0.25, 0.3) is 22.2 Å². The Labute approximate surface area is 216 Å². The molecule has 0 aliphatic rings. The molecule has 0 saturated heterocycles. The minimum absolute atomic E-state index is 0.00565. The van der Waals surface area contributed by atoms with Gasteiger partial charge in [-0.3, -0.25) is 9.78 Å². The van der Waals surface area contributed by atoms with Crippen LogP contribution in [0, 0.1) is 19.8 Å². The SMILES string of the molecule is CC.COc1scnc1-c1cc(C)nc2c(OCc3c(C)ccnc3CNC(=O)C(C)C)cccc12. The first-order valence-corrected chi connectivity index (χ1v) is 13.0. The Kier molecular flexibility index (Phi) is 9.36. The molecule has 8 heteroatoms. The number of thiazole rings is 1. The molecular weight excluding hydrogens is 472 g/mol. The van der Waals surface area contributed by atoms with Crippen LogP contribution in [0.5, 0.6) is 10.8 Å². The second-order valence-electron chi connectivity index (χ2n) is 8.37. The van der Waals surface area contributed by atoms with Crippen molar-refractivity contribution in [1.82, 2.24) is 20.3 Å². The lowest BCUT2D eigenvalue weighted by Gasteiger charge is -2.16. The third kappa shape index (κ3) is 5.99. The lowest BCUT2D eigenvalue weighted by atomic mass is 10.0. The molecule has 0 unspecified atom stereocenters. The molecule has 4 aromatic rings. The van der Waals surface area contributed by atoms with Gasteiger partial charge in [0.05, 0.1) is 24.9 Å². The number of aryl methyl sites for hydroxylation is 2. The van der Waals surface area contributed by atoms with E-state index in [4.69, 9.17) is 14.5 Å². The number of carbonyl (C=O) groups is 1. The number of nitrogens with zero attached hydrogens (tertiary/aromatic N) is 3. The van der Waals surface area contributed by atoms with Crippen LogP contribution in [0.3, 0.4) is 0 Å². The fourth-order valence-corrected chi connectivity index (χ4v) is 4.37. The van der Waals surface area contributed by atoms with Crippen molar-refractivity contribution < 1.29 is 14.3 Å². The molecule has 1 aromatic carbocycles. The maximum atomic E-state index is 12.1. The van der Waals surface area contributed by atoms with Crippen molar-refractivity contribution in [2.45, 2.75) is 54.7 Å². The molecule has 0 radical (unpaired) electrons. The Morgan fingerprint density at radius 3 is 2.64 bits per heavy atom. The molecule has 190 valence electrons. The highest BCUT2D eigenvalue weighted by atomic mass is 32.1. The second kappa shape index (κ2) is 12.4. The molecule has 0 bridgehead atoms. The van der Waals surface area contributed by atoms with Gasteiger partial charge in [0.15, 0.2) is 0 Å². The van der Waals surface area contributed by atoms with Crippen LogP contribution < -0.4 is 14.8 Å². The number of nitrogens with one attached hydrogen (secondary N) is 1. The quantitative estimate of drug-likeness (QED) is 0.304. The van der Waals surface area contributed by atoms with E-state index in [2.05, 4.69) is 15.3 Å². The summed E-state index contributed by atoms with van der Waals surface area (Å²) < 4.78 is 11.8. The van der Waals surface area contributed by atoms with Crippen molar-refractivity contribution in [3.8, 4) is 22.1 Å². The summed E-state index contributed by atoms with van der Waals surface area (Å²) in [6.45, 7) is 12.4. The van der Waals surface area contributed by atoms with Gasteiger partial charge in [0, 0.05) is 34.3 Å². The van der Waals surface area contributed by atoms with Crippen molar-refractivity contribution in [3.63, 3.8) is 0 Å². The Bertz CT molecular complexity index is 1330. The zero-order valence-electron chi connectivity index (χ0n) is 22.0. The van der Waals surface area contributed by atoms with Gasteiger partial charge in [-0.2, -0.15) is 0 Å². The van der Waals surface area contributed by atoms with Gasteiger partial charge in [-0.05, 0) is 37.6 Å². The van der Waals surface area contributed by atoms with E-state index in [1.54, 1.807) is 18.8 Å². The molecule has 0 spiro atoms. The molecule has 3 heterocycles. The Hall–Kier alpha value is -3.52. The predicted octanol–water partition coefficient (Wildman–Crippen LogP) is 6.26. The predicted molar refractivity (Wildman–Crippen MR) is 145 cm³/mol. The van der Waals surface area contributed by atoms with Crippen LogP contribution >= 0.6 is 11.3 Å². The summed E-state index contributed by atoms with van der Waals surface area (Å²) in [6, 6.07) is 9.86. The van der Waals surface area contributed by atoms with Crippen molar-refractivity contribution in [1.29, 1.82) is 0 Å². The number of aromatic nitrogens is 3. The number of pyridine rings is 2. The van der Waals surface area contributed by atoms with Crippen LogP contribution in [0.15, 0.2) is 42.0 Å². The summed E-state index contributed by atoms with van der Waals surface area (Å²) in [6.07, 6.45) is 1.76. The third-order valence-electron chi connectivity index (χ3n) is 5.61. The number of para-hydroxylation sites is 1. The summed E-state index contributed by atoms with van der Waals surface area (Å²) in [5, 5.41) is 4.65. The molecule has 36 heavy (non-hydrogen) atoms. The number of carbonyl (C=O) groups excluding carboxylic acids is 1. The average Bonchev–Trinajstić information content (AvgIpc) is 3.36. The van der Waals surface area contributed by atoms with Gasteiger partial charge in [0.1, 0.15) is 23.6 Å². The van der Waals surface area contributed by atoms with Crippen LogP contribution in [0.4, 0.5) is 0 Å². The highest BCUT2D eigenvalue weighted by molar-refractivity contribution is 7.12. The van der Waals surface area contributed by atoms with Gasteiger partial charge in [-0.15, -0.1) is 0 Å². The standard InChI is InChI=1S/C26H28N4O3S.C2H6/c1-15(2)25(31)28-12-21-20(16(3)9-10-27-21)13-33-22-8-6-7-18-19(11-17(4)30-23(18)22)24-26(32-5)34-14-29-24;1-2/h6-11,14-15H,12-13H2,1-5H3,(H,28,31);1-2H3.